The van der Waals surface area contributed by atoms with Crippen LogP contribution in [-0.2, 0) is 0 Å². The van der Waals surface area contributed by atoms with Crippen LogP contribution in [0.2, 0.25) is 5.02 Å². The Morgan fingerprint density at radius 2 is 1.57 bits per heavy atom. The molecule has 4 heteroatoms. The van der Waals surface area contributed by atoms with Gasteiger partial charge in [0.25, 0.3) is 0 Å². The average molecular weight is 306 g/mol. The lowest BCUT2D eigenvalue weighted by Crippen LogP contribution is -2.17. The Morgan fingerprint density at radius 1 is 0.952 bits per heavy atom. The summed E-state index contributed by atoms with van der Waals surface area (Å²) in [4.78, 5) is 0. The molecule has 2 aromatic rings. The minimum Gasteiger partial charge on any atom is -0.497 e. The Hall–Kier alpha value is -1.71. The zero-order chi connectivity index (χ0) is 15.4. The fourth-order valence-electron chi connectivity index (χ4n) is 2.31. The molecule has 1 N–H and O–H groups in total. The molecule has 0 radical (unpaired) electrons. The van der Waals surface area contributed by atoms with E-state index in [1.807, 2.05) is 44.3 Å². The molecule has 2 rings (SSSR count). The quantitative estimate of drug-likeness (QED) is 0.906. The Morgan fingerprint density at radius 3 is 2.05 bits per heavy atom. The minimum absolute atomic E-state index is 0.0205. The number of halogens is 1. The summed E-state index contributed by atoms with van der Waals surface area (Å²) in [6.07, 6.45) is 0. The van der Waals surface area contributed by atoms with Gasteiger partial charge in [0.15, 0.2) is 0 Å². The standard InChI is InChI=1S/C17H20ClNO2/c1-11-5-6-12(9-16(11)18)17(19-2)13-7-14(20-3)10-15(8-13)21-4/h5-10,17,19H,1-4H3. The summed E-state index contributed by atoms with van der Waals surface area (Å²) in [6.45, 7) is 2.00. The van der Waals surface area contributed by atoms with Gasteiger partial charge in [0.05, 0.1) is 20.3 Å². The molecule has 0 amide bonds. The van der Waals surface area contributed by atoms with E-state index in [2.05, 4.69) is 11.4 Å². The minimum atomic E-state index is 0.0205. The van der Waals surface area contributed by atoms with Gasteiger partial charge in [-0.25, -0.2) is 0 Å². The molecule has 112 valence electrons. The normalized spacial score (nSPS) is 12.0. The third kappa shape index (κ3) is 3.49. The summed E-state index contributed by atoms with van der Waals surface area (Å²) in [5, 5.41) is 4.08. The molecule has 0 spiro atoms. The number of benzene rings is 2. The number of rotatable bonds is 5. The predicted molar refractivity (Wildman–Crippen MR) is 86.6 cm³/mol. The fraction of sp³-hybridized carbons (Fsp3) is 0.294. The summed E-state index contributed by atoms with van der Waals surface area (Å²) in [6, 6.07) is 12.0. The van der Waals surface area contributed by atoms with E-state index in [0.29, 0.717) is 0 Å². The Bertz CT molecular complexity index is 606. The summed E-state index contributed by atoms with van der Waals surface area (Å²) in [7, 11) is 5.22. The van der Waals surface area contributed by atoms with Crippen LogP contribution in [0.3, 0.4) is 0 Å². The highest BCUT2D eigenvalue weighted by molar-refractivity contribution is 6.31. The van der Waals surface area contributed by atoms with Crippen molar-refractivity contribution in [3.63, 3.8) is 0 Å². The SMILES string of the molecule is CNC(c1cc(OC)cc(OC)c1)c1ccc(C)c(Cl)c1. The van der Waals surface area contributed by atoms with Gasteiger partial charge in [-0.3, -0.25) is 0 Å². The van der Waals surface area contributed by atoms with Crippen molar-refractivity contribution in [2.45, 2.75) is 13.0 Å². The lowest BCUT2D eigenvalue weighted by atomic mass is 9.97. The van der Waals surface area contributed by atoms with Crippen molar-refractivity contribution in [1.29, 1.82) is 0 Å². The average Bonchev–Trinajstić information content (AvgIpc) is 2.51. The van der Waals surface area contributed by atoms with Crippen LogP contribution in [0.4, 0.5) is 0 Å². The van der Waals surface area contributed by atoms with Crippen molar-refractivity contribution in [3.8, 4) is 11.5 Å². The predicted octanol–water partition coefficient (Wildman–Crippen LogP) is 3.97. The fourth-order valence-corrected chi connectivity index (χ4v) is 2.50. The lowest BCUT2D eigenvalue weighted by molar-refractivity contribution is 0.392. The molecule has 1 atom stereocenters. The van der Waals surface area contributed by atoms with E-state index in [1.165, 1.54) is 0 Å². The highest BCUT2D eigenvalue weighted by Gasteiger charge is 2.15. The molecule has 0 bridgehead atoms. The molecule has 0 saturated heterocycles. The monoisotopic (exact) mass is 305 g/mol. The zero-order valence-corrected chi connectivity index (χ0v) is 13.5. The van der Waals surface area contributed by atoms with E-state index in [1.54, 1.807) is 14.2 Å². The van der Waals surface area contributed by atoms with Crippen LogP contribution in [-0.4, -0.2) is 21.3 Å². The zero-order valence-electron chi connectivity index (χ0n) is 12.7. The number of hydrogen-bond acceptors (Lipinski definition) is 3. The molecule has 1 unspecified atom stereocenters. The van der Waals surface area contributed by atoms with Gasteiger partial charge in [-0.05, 0) is 48.9 Å². The highest BCUT2D eigenvalue weighted by Crippen LogP contribution is 2.31. The number of aryl methyl sites for hydroxylation is 1. The van der Waals surface area contributed by atoms with Crippen LogP contribution in [0.25, 0.3) is 0 Å². The maximum atomic E-state index is 6.24. The molecular weight excluding hydrogens is 286 g/mol. The summed E-state index contributed by atoms with van der Waals surface area (Å²) < 4.78 is 10.7. The third-order valence-electron chi connectivity index (χ3n) is 3.53. The van der Waals surface area contributed by atoms with Crippen LogP contribution in [0.15, 0.2) is 36.4 Å². The van der Waals surface area contributed by atoms with Gasteiger partial charge in [0, 0.05) is 11.1 Å². The van der Waals surface area contributed by atoms with E-state index in [4.69, 9.17) is 21.1 Å². The summed E-state index contributed by atoms with van der Waals surface area (Å²) >= 11 is 6.24. The molecule has 0 fully saturated rings. The van der Waals surface area contributed by atoms with Gasteiger partial charge in [-0.1, -0.05) is 23.7 Å². The number of nitrogens with one attached hydrogen (secondary N) is 1. The van der Waals surface area contributed by atoms with Crippen LogP contribution in [0.1, 0.15) is 22.7 Å². The van der Waals surface area contributed by atoms with Crippen molar-refractivity contribution in [2.75, 3.05) is 21.3 Å². The Balaban J connectivity index is 2.47. The molecular formula is C17H20ClNO2. The maximum absolute atomic E-state index is 6.24. The Kier molecular flexibility index (Phi) is 5.10. The number of methoxy groups -OCH3 is 2. The topological polar surface area (TPSA) is 30.5 Å². The summed E-state index contributed by atoms with van der Waals surface area (Å²) in [5.74, 6) is 1.53. The van der Waals surface area contributed by atoms with Crippen LogP contribution < -0.4 is 14.8 Å². The smallest absolute Gasteiger partial charge is 0.122 e. The van der Waals surface area contributed by atoms with Gasteiger partial charge in [-0.15, -0.1) is 0 Å². The van der Waals surface area contributed by atoms with Gasteiger partial charge in [-0.2, -0.15) is 0 Å². The van der Waals surface area contributed by atoms with Crippen molar-refractivity contribution >= 4 is 11.6 Å². The molecule has 0 heterocycles. The van der Waals surface area contributed by atoms with E-state index in [9.17, 15) is 0 Å². The van der Waals surface area contributed by atoms with Crippen LogP contribution in [0, 0.1) is 6.92 Å². The molecule has 3 nitrogen and oxygen atoms in total. The van der Waals surface area contributed by atoms with Gasteiger partial charge >= 0.3 is 0 Å². The van der Waals surface area contributed by atoms with Crippen molar-refractivity contribution in [1.82, 2.24) is 5.32 Å². The first kappa shape index (κ1) is 15.7. The molecule has 0 aliphatic heterocycles. The second-order valence-corrected chi connectivity index (χ2v) is 5.28. The molecule has 0 aliphatic rings. The van der Waals surface area contributed by atoms with Crippen molar-refractivity contribution in [3.05, 3.63) is 58.1 Å². The number of ether oxygens (including phenoxy) is 2. The van der Waals surface area contributed by atoms with E-state index < -0.39 is 0 Å². The van der Waals surface area contributed by atoms with E-state index in [-0.39, 0.29) is 6.04 Å². The second-order valence-electron chi connectivity index (χ2n) is 4.88. The largest absolute Gasteiger partial charge is 0.497 e. The first-order valence-corrected chi connectivity index (χ1v) is 7.13. The highest BCUT2D eigenvalue weighted by atomic mass is 35.5. The third-order valence-corrected chi connectivity index (χ3v) is 3.93. The maximum Gasteiger partial charge on any atom is 0.122 e. The number of hydrogen-bond donors (Lipinski definition) is 1. The van der Waals surface area contributed by atoms with Crippen molar-refractivity contribution in [2.24, 2.45) is 0 Å². The van der Waals surface area contributed by atoms with Gasteiger partial charge < -0.3 is 14.8 Å². The second kappa shape index (κ2) is 6.83. The van der Waals surface area contributed by atoms with E-state index in [0.717, 1.165) is 33.2 Å². The van der Waals surface area contributed by atoms with Crippen LogP contribution >= 0.6 is 11.6 Å². The Labute approximate surface area is 130 Å². The molecule has 0 saturated carbocycles. The van der Waals surface area contributed by atoms with Crippen LogP contribution in [0.5, 0.6) is 11.5 Å². The van der Waals surface area contributed by atoms with Gasteiger partial charge in [0.2, 0.25) is 0 Å². The van der Waals surface area contributed by atoms with Crippen molar-refractivity contribution < 1.29 is 9.47 Å². The summed E-state index contributed by atoms with van der Waals surface area (Å²) in [5.41, 5.74) is 3.23. The lowest BCUT2D eigenvalue weighted by Gasteiger charge is -2.19. The molecule has 0 aromatic heterocycles. The van der Waals surface area contributed by atoms with E-state index >= 15 is 0 Å². The molecule has 0 aliphatic carbocycles. The first-order valence-electron chi connectivity index (χ1n) is 6.75. The molecule has 2 aromatic carbocycles. The first-order chi connectivity index (χ1) is 10.1. The molecule has 21 heavy (non-hydrogen) atoms. The van der Waals surface area contributed by atoms with Gasteiger partial charge in [0.1, 0.15) is 11.5 Å².